The molecule has 100 valence electrons. The molecule has 1 atom stereocenters. The van der Waals surface area contributed by atoms with Crippen LogP contribution in [0.25, 0.3) is 0 Å². The van der Waals surface area contributed by atoms with E-state index in [0.717, 1.165) is 16.1 Å². The molecule has 0 amide bonds. The summed E-state index contributed by atoms with van der Waals surface area (Å²) in [7, 11) is 0. The van der Waals surface area contributed by atoms with E-state index in [2.05, 4.69) is 21.2 Å². The zero-order chi connectivity index (χ0) is 13.8. The molecule has 2 aromatic rings. The van der Waals surface area contributed by atoms with Gasteiger partial charge in [0.1, 0.15) is 11.6 Å². The Morgan fingerprint density at radius 1 is 1.11 bits per heavy atom. The third kappa shape index (κ3) is 4.11. The number of rotatable bonds is 4. The van der Waals surface area contributed by atoms with Crippen molar-refractivity contribution >= 4 is 15.9 Å². The quantitative estimate of drug-likeness (QED) is 0.867. The standard InChI is InChI=1S/C15H14BrF2N/c1-10(12-6-14(17)8-15(18)7-12)19-9-11-3-2-4-13(16)5-11/h2-8,10,19H,9H2,1H3. The fourth-order valence-electron chi connectivity index (χ4n) is 1.86. The zero-order valence-electron chi connectivity index (χ0n) is 10.5. The average Bonchev–Trinajstić information content (AvgIpc) is 2.35. The van der Waals surface area contributed by atoms with Crippen LogP contribution in [-0.4, -0.2) is 0 Å². The first-order chi connectivity index (χ1) is 9.04. The lowest BCUT2D eigenvalue weighted by Crippen LogP contribution is -2.18. The van der Waals surface area contributed by atoms with Gasteiger partial charge in [-0.1, -0.05) is 28.1 Å². The maximum absolute atomic E-state index is 13.1. The van der Waals surface area contributed by atoms with E-state index in [1.54, 1.807) is 0 Å². The largest absolute Gasteiger partial charge is 0.306 e. The van der Waals surface area contributed by atoms with Crippen LogP contribution in [0.3, 0.4) is 0 Å². The second-order valence-corrected chi connectivity index (χ2v) is 5.35. The van der Waals surface area contributed by atoms with Crippen molar-refractivity contribution in [2.45, 2.75) is 19.5 Å². The van der Waals surface area contributed by atoms with Gasteiger partial charge in [-0.15, -0.1) is 0 Å². The summed E-state index contributed by atoms with van der Waals surface area (Å²) >= 11 is 3.41. The highest BCUT2D eigenvalue weighted by Gasteiger charge is 2.08. The average molecular weight is 326 g/mol. The Morgan fingerprint density at radius 3 is 2.42 bits per heavy atom. The molecule has 19 heavy (non-hydrogen) atoms. The molecule has 0 radical (unpaired) electrons. The molecule has 0 spiro atoms. The van der Waals surface area contributed by atoms with E-state index in [0.29, 0.717) is 12.1 Å². The molecule has 0 bridgehead atoms. The lowest BCUT2D eigenvalue weighted by atomic mass is 10.1. The Labute approximate surface area is 119 Å². The smallest absolute Gasteiger partial charge is 0.126 e. The molecular weight excluding hydrogens is 312 g/mol. The second kappa shape index (κ2) is 6.26. The van der Waals surface area contributed by atoms with Crippen LogP contribution in [-0.2, 0) is 6.54 Å². The topological polar surface area (TPSA) is 12.0 Å². The van der Waals surface area contributed by atoms with Crippen LogP contribution >= 0.6 is 15.9 Å². The maximum Gasteiger partial charge on any atom is 0.126 e. The Balaban J connectivity index is 2.03. The third-order valence-electron chi connectivity index (χ3n) is 2.89. The molecule has 0 saturated carbocycles. The van der Waals surface area contributed by atoms with Crippen LogP contribution in [0.15, 0.2) is 46.9 Å². The highest BCUT2D eigenvalue weighted by atomic mass is 79.9. The van der Waals surface area contributed by atoms with Gasteiger partial charge < -0.3 is 5.32 Å². The van der Waals surface area contributed by atoms with Crippen molar-refractivity contribution in [3.63, 3.8) is 0 Å². The Bertz CT molecular complexity index is 552. The molecule has 0 fully saturated rings. The van der Waals surface area contributed by atoms with E-state index in [-0.39, 0.29) is 6.04 Å². The predicted molar refractivity (Wildman–Crippen MR) is 75.8 cm³/mol. The van der Waals surface area contributed by atoms with E-state index in [9.17, 15) is 8.78 Å². The summed E-state index contributed by atoms with van der Waals surface area (Å²) in [5, 5.41) is 3.24. The number of benzene rings is 2. The van der Waals surface area contributed by atoms with Gasteiger partial charge in [0.25, 0.3) is 0 Å². The Hall–Kier alpha value is -1.26. The van der Waals surface area contributed by atoms with Crippen molar-refractivity contribution < 1.29 is 8.78 Å². The summed E-state index contributed by atoms with van der Waals surface area (Å²) in [6, 6.07) is 11.4. The van der Waals surface area contributed by atoms with E-state index in [1.807, 2.05) is 31.2 Å². The summed E-state index contributed by atoms with van der Waals surface area (Å²) in [5.74, 6) is -1.10. The first-order valence-electron chi connectivity index (χ1n) is 5.98. The van der Waals surface area contributed by atoms with Gasteiger partial charge >= 0.3 is 0 Å². The third-order valence-corrected chi connectivity index (χ3v) is 3.38. The van der Waals surface area contributed by atoms with Crippen molar-refractivity contribution in [2.75, 3.05) is 0 Å². The van der Waals surface area contributed by atoms with Crippen LogP contribution < -0.4 is 5.32 Å². The van der Waals surface area contributed by atoms with Crippen LogP contribution in [0.4, 0.5) is 8.78 Å². The van der Waals surface area contributed by atoms with E-state index < -0.39 is 11.6 Å². The van der Waals surface area contributed by atoms with Crippen LogP contribution in [0.2, 0.25) is 0 Å². The number of nitrogens with one attached hydrogen (secondary N) is 1. The molecule has 1 unspecified atom stereocenters. The van der Waals surface area contributed by atoms with Crippen molar-refractivity contribution in [3.8, 4) is 0 Å². The summed E-state index contributed by atoms with van der Waals surface area (Å²) in [6.07, 6.45) is 0. The van der Waals surface area contributed by atoms with Crippen LogP contribution in [0.5, 0.6) is 0 Å². The molecular formula is C15H14BrF2N. The monoisotopic (exact) mass is 325 g/mol. The van der Waals surface area contributed by atoms with Crippen molar-refractivity contribution in [1.29, 1.82) is 0 Å². The number of hydrogen-bond donors (Lipinski definition) is 1. The maximum atomic E-state index is 13.1. The summed E-state index contributed by atoms with van der Waals surface area (Å²) in [6.45, 7) is 2.52. The first-order valence-corrected chi connectivity index (χ1v) is 6.78. The van der Waals surface area contributed by atoms with E-state index in [1.165, 1.54) is 12.1 Å². The molecule has 4 heteroatoms. The second-order valence-electron chi connectivity index (χ2n) is 4.44. The van der Waals surface area contributed by atoms with Gasteiger partial charge in [-0.2, -0.15) is 0 Å². The van der Waals surface area contributed by atoms with Gasteiger partial charge in [0.2, 0.25) is 0 Å². The van der Waals surface area contributed by atoms with Gasteiger partial charge in [0.05, 0.1) is 0 Å². The SMILES string of the molecule is CC(NCc1cccc(Br)c1)c1cc(F)cc(F)c1. The normalized spacial score (nSPS) is 12.4. The Kier molecular flexibility index (Phi) is 4.66. The van der Waals surface area contributed by atoms with Crippen LogP contribution in [0.1, 0.15) is 24.1 Å². The van der Waals surface area contributed by atoms with Crippen molar-refractivity contribution in [1.82, 2.24) is 5.32 Å². The lowest BCUT2D eigenvalue weighted by Gasteiger charge is -2.14. The molecule has 2 rings (SSSR count). The van der Waals surface area contributed by atoms with Gasteiger partial charge in [0, 0.05) is 23.1 Å². The lowest BCUT2D eigenvalue weighted by molar-refractivity contribution is 0.545. The minimum absolute atomic E-state index is 0.121. The van der Waals surface area contributed by atoms with Gasteiger partial charge in [-0.25, -0.2) is 8.78 Å². The molecule has 0 aliphatic rings. The summed E-state index contributed by atoms with van der Waals surface area (Å²) in [5.41, 5.74) is 1.71. The fraction of sp³-hybridized carbons (Fsp3) is 0.200. The number of halogens is 3. The summed E-state index contributed by atoms with van der Waals surface area (Å²) in [4.78, 5) is 0. The Morgan fingerprint density at radius 2 is 1.79 bits per heavy atom. The molecule has 0 aromatic heterocycles. The molecule has 0 saturated heterocycles. The predicted octanol–water partition coefficient (Wildman–Crippen LogP) is 4.58. The molecule has 1 nitrogen and oxygen atoms in total. The minimum atomic E-state index is -0.550. The molecule has 0 aliphatic heterocycles. The highest BCUT2D eigenvalue weighted by molar-refractivity contribution is 9.10. The van der Waals surface area contributed by atoms with Crippen molar-refractivity contribution in [3.05, 3.63) is 69.7 Å². The minimum Gasteiger partial charge on any atom is -0.306 e. The number of hydrogen-bond acceptors (Lipinski definition) is 1. The molecule has 1 N–H and O–H groups in total. The first kappa shape index (κ1) is 14.2. The summed E-state index contributed by atoms with van der Waals surface area (Å²) < 4.78 is 27.3. The van der Waals surface area contributed by atoms with Gasteiger partial charge in [0.15, 0.2) is 0 Å². The van der Waals surface area contributed by atoms with Gasteiger partial charge in [-0.3, -0.25) is 0 Å². The van der Waals surface area contributed by atoms with E-state index >= 15 is 0 Å². The highest BCUT2D eigenvalue weighted by Crippen LogP contribution is 2.17. The molecule has 0 heterocycles. The fourth-order valence-corrected chi connectivity index (χ4v) is 2.31. The molecule has 0 aliphatic carbocycles. The zero-order valence-corrected chi connectivity index (χ0v) is 12.0. The van der Waals surface area contributed by atoms with Crippen molar-refractivity contribution in [2.24, 2.45) is 0 Å². The van der Waals surface area contributed by atoms with Gasteiger partial charge in [-0.05, 0) is 42.3 Å². The molecule has 2 aromatic carbocycles. The van der Waals surface area contributed by atoms with E-state index in [4.69, 9.17) is 0 Å². The van der Waals surface area contributed by atoms with Crippen LogP contribution in [0, 0.1) is 11.6 Å².